The van der Waals surface area contributed by atoms with Crippen molar-refractivity contribution in [2.45, 2.75) is 38.3 Å². The molecule has 2 saturated carbocycles. The molecular weight excluding hydrogens is 227 g/mol. The predicted molar refractivity (Wildman–Crippen MR) is 67.2 cm³/mol. The summed E-state index contributed by atoms with van der Waals surface area (Å²) in [5.74, 6) is 1.25. The van der Waals surface area contributed by atoms with E-state index in [1.54, 1.807) is 12.1 Å². The lowest BCUT2D eigenvalue weighted by atomic mass is 10.1. The summed E-state index contributed by atoms with van der Waals surface area (Å²) in [6.07, 6.45) is 5.26. The molecule has 0 radical (unpaired) electrons. The first-order valence-electron chi connectivity index (χ1n) is 6.70. The summed E-state index contributed by atoms with van der Waals surface area (Å²) >= 11 is 0. The van der Waals surface area contributed by atoms with Crippen molar-refractivity contribution in [2.24, 2.45) is 11.8 Å². The molecule has 1 aromatic carbocycles. The van der Waals surface area contributed by atoms with Gasteiger partial charge in [-0.2, -0.15) is 5.26 Å². The van der Waals surface area contributed by atoms with Crippen molar-refractivity contribution in [2.75, 3.05) is 0 Å². The Balaban J connectivity index is 1.67. The molecule has 0 heterocycles. The van der Waals surface area contributed by atoms with Crippen LogP contribution in [0, 0.1) is 29.0 Å². The Hall–Kier alpha value is -1.40. The summed E-state index contributed by atoms with van der Waals surface area (Å²) in [7, 11) is 0. The molecule has 2 aliphatic carbocycles. The van der Waals surface area contributed by atoms with Gasteiger partial charge in [-0.15, -0.1) is 0 Å². The van der Waals surface area contributed by atoms with E-state index in [1.807, 2.05) is 6.07 Å². The van der Waals surface area contributed by atoms with Crippen LogP contribution in [0.25, 0.3) is 0 Å². The molecule has 0 unspecified atom stereocenters. The summed E-state index contributed by atoms with van der Waals surface area (Å²) in [5, 5.41) is 12.3. The van der Waals surface area contributed by atoms with Crippen LogP contribution in [0.5, 0.6) is 0 Å². The Labute approximate surface area is 107 Å². The number of rotatable bonds is 5. The van der Waals surface area contributed by atoms with Gasteiger partial charge in [0.15, 0.2) is 0 Å². The number of hydrogen-bond acceptors (Lipinski definition) is 2. The summed E-state index contributed by atoms with van der Waals surface area (Å²) in [4.78, 5) is 0. The summed E-state index contributed by atoms with van der Waals surface area (Å²) in [6, 6.07) is 7.50. The highest BCUT2D eigenvalue weighted by atomic mass is 19.1. The number of nitrogens with one attached hydrogen (secondary N) is 1. The van der Waals surface area contributed by atoms with E-state index in [2.05, 4.69) is 5.32 Å². The van der Waals surface area contributed by atoms with Crippen LogP contribution in [-0.2, 0) is 6.54 Å². The van der Waals surface area contributed by atoms with E-state index in [0.29, 0.717) is 18.2 Å². The first kappa shape index (κ1) is 11.7. The first-order valence-corrected chi connectivity index (χ1v) is 6.70. The molecule has 0 aromatic heterocycles. The lowest BCUT2D eigenvalue weighted by Crippen LogP contribution is -2.32. The standard InChI is InChI=1S/C15H17FN2/c16-14-12(8-17)2-1-3-13(14)9-18-15(10-4-5-10)11-6-7-11/h1-3,10-11,15,18H,4-7,9H2. The fourth-order valence-electron chi connectivity index (χ4n) is 2.66. The number of nitriles is 1. The summed E-state index contributed by atoms with van der Waals surface area (Å²) in [5.41, 5.74) is 0.754. The Morgan fingerprint density at radius 1 is 1.28 bits per heavy atom. The summed E-state index contributed by atoms with van der Waals surface area (Å²) < 4.78 is 13.9. The summed E-state index contributed by atoms with van der Waals surface area (Å²) in [6.45, 7) is 0.541. The van der Waals surface area contributed by atoms with Crippen molar-refractivity contribution in [1.82, 2.24) is 5.32 Å². The minimum absolute atomic E-state index is 0.142. The molecule has 0 amide bonds. The molecule has 3 heteroatoms. The highest BCUT2D eigenvalue weighted by Crippen LogP contribution is 2.44. The van der Waals surface area contributed by atoms with Gasteiger partial charge in [0.2, 0.25) is 0 Å². The fraction of sp³-hybridized carbons (Fsp3) is 0.533. The average Bonchev–Trinajstić information content (AvgIpc) is 3.25. The molecule has 18 heavy (non-hydrogen) atoms. The quantitative estimate of drug-likeness (QED) is 0.864. The minimum atomic E-state index is -0.363. The van der Waals surface area contributed by atoms with Crippen LogP contribution in [0.3, 0.4) is 0 Å². The largest absolute Gasteiger partial charge is 0.309 e. The second-order valence-corrected chi connectivity index (χ2v) is 5.47. The van der Waals surface area contributed by atoms with Gasteiger partial charge in [0.1, 0.15) is 11.9 Å². The maximum absolute atomic E-state index is 13.9. The highest BCUT2D eigenvalue weighted by Gasteiger charge is 2.40. The predicted octanol–water partition coefficient (Wildman–Crippen LogP) is 2.98. The maximum atomic E-state index is 13.9. The molecule has 2 aliphatic rings. The normalized spacial score (nSPS) is 18.9. The number of nitrogens with zero attached hydrogens (tertiary/aromatic N) is 1. The van der Waals surface area contributed by atoms with Crippen molar-refractivity contribution >= 4 is 0 Å². The Bertz CT molecular complexity index is 472. The van der Waals surface area contributed by atoms with Crippen LogP contribution >= 0.6 is 0 Å². The van der Waals surface area contributed by atoms with Crippen LogP contribution in [0.1, 0.15) is 36.8 Å². The van der Waals surface area contributed by atoms with Gasteiger partial charge < -0.3 is 5.32 Å². The smallest absolute Gasteiger partial charge is 0.145 e. The van der Waals surface area contributed by atoms with E-state index in [9.17, 15) is 4.39 Å². The number of hydrogen-bond donors (Lipinski definition) is 1. The van der Waals surface area contributed by atoms with E-state index in [4.69, 9.17) is 5.26 Å². The van der Waals surface area contributed by atoms with E-state index < -0.39 is 0 Å². The molecule has 3 rings (SSSR count). The average molecular weight is 244 g/mol. The first-order chi connectivity index (χ1) is 8.79. The van der Waals surface area contributed by atoms with E-state index in [-0.39, 0.29) is 11.4 Å². The van der Waals surface area contributed by atoms with Gasteiger partial charge in [0.05, 0.1) is 5.56 Å². The van der Waals surface area contributed by atoms with Gasteiger partial charge in [0, 0.05) is 18.2 Å². The lowest BCUT2D eigenvalue weighted by molar-refractivity contribution is 0.411. The topological polar surface area (TPSA) is 35.8 Å². The zero-order chi connectivity index (χ0) is 12.5. The van der Waals surface area contributed by atoms with Gasteiger partial charge in [-0.3, -0.25) is 0 Å². The molecule has 1 aromatic rings. The molecule has 0 bridgehead atoms. The van der Waals surface area contributed by atoms with Gasteiger partial charge >= 0.3 is 0 Å². The van der Waals surface area contributed by atoms with Crippen molar-refractivity contribution in [3.8, 4) is 6.07 Å². The molecule has 0 aliphatic heterocycles. The Kier molecular flexibility index (Phi) is 3.05. The van der Waals surface area contributed by atoms with E-state index in [0.717, 1.165) is 11.8 Å². The maximum Gasteiger partial charge on any atom is 0.145 e. The van der Waals surface area contributed by atoms with Crippen LogP contribution in [0.4, 0.5) is 4.39 Å². The Morgan fingerprint density at radius 2 is 1.94 bits per heavy atom. The number of benzene rings is 1. The molecule has 1 N–H and O–H groups in total. The van der Waals surface area contributed by atoms with E-state index >= 15 is 0 Å². The van der Waals surface area contributed by atoms with Gasteiger partial charge in [0.25, 0.3) is 0 Å². The minimum Gasteiger partial charge on any atom is -0.309 e. The third kappa shape index (κ3) is 2.39. The highest BCUT2D eigenvalue weighted by molar-refractivity contribution is 5.34. The molecule has 0 spiro atoms. The van der Waals surface area contributed by atoms with Crippen molar-refractivity contribution in [1.29, 1.82) is 5.26 Å². The van der Waals surface area contributed by atoms with Crippen LogP contribution in [0.2, 0.25) is 0 Å². The lowest BCUT2D eigenvalue weighted by Gasteiger charge is -2.18. The third-order valence-corrected chi connectivity index (χ3v) is 3.99. The second-order valence-electron chi connectivity index (χ2n) is 5.47. The van der Waals surface area contributed by atoms with Gasteiger partial charge in [-0.1, -0.05) is 12.1 Å². The van der Waals surface area contributed by atoms with Gasteiger partial charge in [-0.05, 0) is 43.6 Å². The SMILES string of the molecule is N#Cc1cccc(CNC(C2CC2)C2CC2)c1F. The zero-order valence-corrected chi connectivity index (χ0v) is 10.3. The van der Waals surface area contributed by atoms with Crippen LogP contribution < -0.4 is 5.32 Å². The van der Waals surface area contributed by atoms with Gasteiger partial charge in [-0.25, -0.2) is 4.39 Å². The fourth-order valence-corrected chi connectivity index (χ4v) is 2.66. The molecule has 0 atom stereocenters. The molecule has 0 saturated heterocycles. The van der Waals surface area contributed by atoms with Crippen LogP contribution in [0.15, 0.2) is 18.2 Å². The second kappa shape index (κ2) is 4.70. The van der Waals surface area contributed by atoms with Crippen molar-refractivity contribution in [3.05, 3.63) is 35.1 Å². The molecule has 94 valence electrons. The molecular formula is C15H17FN2. The van der Waals surface area contributed by atoms with Crippen LogP contribution in [-0.4, -0.2) is 6.04 Å². The molecule has 2 nitrogen and oxygen atoms in total. The van der Waals surface area contributed by atoms with Crippen molar-refractivity contribution < 1.29 is 4.39 Å². The Morgan fingerprint density at radius 3 is 2.50 bits per heavy atom. The zero-order valence-electron chi connectivity index (χ0n) is 10.3. The third-order valence-electron chi connectivity index (χ3n) is 3.99. The van der Waals surface area contributed by atoms with Crippen molar-refractivity contribution in [3.63, 3.8) is 0 Å². The molecule has 2 fully saturated rings. The number of halogens is 1. The van der Waals surface area contributed by atoms with E-state index in [1.165, 1.54) is 31.7 Å². The monoisotopic (exact) mass is 244 g/mol.